The largest absolute Gasteiger partial charge is 0.419 e. The van der Waals surface area contributed by atoms with Crippen LogP contribution in [0.5, 0.6) is 0 Å². The molecule has 0 radical (unpaired) electrons. The molecule has 3 aromatic heterocycles. The van der Waals surface area contributed by atoms with Gasteiger partial charge in [0, 0.05) is 23.6 Å². The minimum atomic E-state index is -4.64. The van der Waals surface area contributed by atoms with Gasteiger partial charge in [0.1, 0.15) is 10.8 Å². The number of alkyl halides is 3. The van der Waals surface area contributed by atoms with Gasteiger partial charge in [0.2, 0.25) is 4.96 Å². The van der Waals surface area contributed by atoms with Gasteiger partial charge in [-0.3, -0.25) is 0 Å². The lowest BCUT2D eigenvalue weighted by molar-refractivity contribution is -0.137. The Morgan fingerprint density at radius 2 is 1.86 bits per heavy atom. The molecule has 0 bridgehead atoms. The van der Waals surface area contributed by atoms with Crippen molar-refractivity contribution in [3.8, 4) is 21.8 Å². The third-order valence-corrected chi connectivity index (χ3v) is 6.20. The predicted octanol–water partition coefficient (Wildman–Crippen LogP) is 3.52. The lowest BCUT2D eigenvalue weighted by Gasteiger charge is -2.10. The first-order valence-electron chi connectivity index (χ1n) is 8.02. The van der Waals surface area contributed by atoms with Gasteiger partial charge in [-0.15, -0.1) is 0 Å². The van der Waals surface area contributed by atoms with Crippen molar-refractivity contribution in [2.45, 2.75) is 11.1 Å². The molecule has 150 valence electrons. The summed E-state index contributed by atoms with van der Waals surface area (Å²) >= 11 is 1.18. The average Bonchev–Trinajstić information content (AvgIpc) is 3.21. The number of hydrogen-bond acceptors (Lipinski definition) is 7. The van der Waals surface area contributed by atoms with Crippen LogP contribution in [0.15, 0.2) is 47.6 Å². The molecule has 3 heterocycles. The van der Waals surface area contributed by atoms with E-state index in [9.17, 15) is 21.6 Å². The molecule has 29 heavy (non-hydrogen) atoms. The molecule has 4 aromatic rings. The molecule has 0 spiro atoms. The van der Waals surface area contributed by atoms with Crippen LogP contribution in [0, 0.1) is 0 Å². The summed E-state index contributed by atoms with van der Waals surface area (Å²) in [6.45, 7) is 0. The Balaban J connectivity index is 1.82. The third kappa shape index (κ3) is 3.56. The molecule has 4 rings (SSSR count). The second-order valence-corrected chi connectivity index (χ2v) is 9.17. The first-order valence-corrected chi connectivity index (χ1v) is 10.7. The van der Waals surface area contributed by atoms with Crippen molar-refractivity contribution in [1.29, 1.82) is 0 Å². The smallest absolute Gasteiger partial charge is 0.383 e. The molecule has 0 atom stereocenters. The van der Waals surface area contributed by atoms with E-state index in [1.54, 1.807) is 12.1 Å². The first kappa shape index (κ1) is 19.3. The Morgan fingerprint density at radius 1 is 1.10 bits per heavy atom. The Bertz CT molecular complexity index is 1340. The van der Waals surface area contributed by atoms with E-state index >= 15 is 0 Å². The fourth-order valence-corrected chi connectivity index (χ4v) is 4.25. The molecule has 0 fully saturated rings. The van der Waals surface area contributed by atoms with Crippen molar-refractivity contribution in [1.82, 2.24) is 19.6 Å². The van der Waals surface area contributed by atoms with Crippen LogP contribution in [0.1, 0.15) is 5.56 Å². The SMILES string of the molecule is CS(=O)(=O)c1cccc(-c2nn3c(-c4cnc(N)c(C(F)(F)F)c4)cnc3s2)c1. The van der Waals surface area contributed by atoms with Crippen molar-refractivity contribution in [2.75, 3.05) is 12.0 Å². The third-order valence-electron chi connectivity index (χ3n) is 4.11. The van der Waals surface area contributed by atoms with Crippen molar-refractivity contribution in [3.63, 3.8) is 0 Å². The first-order chi connectivity index (χ1) is 13.5. The van der Waals surface area contributed by atoms with E-state index in [0.717, 1.165) is 12.3 Å². The standard InChI is InChI=1S/C17H12F3N5O2S2/c1-29(26,27)11-4-2-3-9(5-11)15-24-25-13(8-23-16(25)28-15)10-6-12(17(18,19)20)14(21)22-7-10/h2-8H,1H3,(H2,21,22). The summed E-state index contributed by atoms with van der Waals surface area (Å²) < 4.78 is 64.4. The monoisotopic (exact) mass is 439 g/mol. The van der Waals surface area contributed by atoms with Crippen molar-refractivity contribution in [3.05, 3.63) is 48.3 Å². The maximum Gasteiger partial charge on any atom is 0.419 e. The number of sulfone groups is 1. The number of aromatic nitrogens is 4. The number of hydrogen-bond donors (Lipinski definition) is 1. The molecule has 0 unspecified atom stereocenters. The van der Waals surface area contributed by atoms with Crippen LogP contribution in [0.4, 0.5) is 19.0 Å². The molecule has 0 aliphatic carbocycles. The molecule has 12 heteroatoms. The molecule has 2 N–H and O–H groups in total. The summed E-state index contributed by atoms with van der Waals surface area (Å²) in [7, 11) is -3.40. The number of nitrogen functional groups attached to an aromatic ring is 1. The Kier molecular flexibility index (Phi) is 4.35. The number of halogens is 3. The molecule has 1 aromatic carbocycles. The number of rotatable bonds is 3. The summed E-state index contributed by atoms with van der Waals surface area (Å²) in [5.41, 5.74) is 5.33. The average molecular weight is 439 g/mol. The van der Waals surface area contributed by atoms with Gasteiger partial charge in [-0.1, -0.05) is 23.5 Å². The fraction of sp³-hybridized carbons (Fsp3) is 0.118. The van der Waals surface area contributed by atoms with Crippen LogP contribution < -0.4 is 5.73 Å². The summed E-state index contributed by atoms with van der Waals surface area (Å²) in [6, 6.07) is 7.14. The zero-order valence-corrected chi connectivity index (χ0v) is 16.3. The summed E-state index contributed by atoms with van der Waals surface area (Å²) in [5, 5.41) is 4.87. The van der Waals surface area contributed by atoms with Gasteiger partial charge in [-0.25, -0.2) is 22.9 Å². The van der Waals surface area contributed by atoms with Gasteiger partial charge in [-0.05, 0) is 18.2 Å². The molecule has 0 saturated carbocycles. The van der Waals surface area contributed by atoms with E-state index in [2.05, 4.69) is 15.1 Å². The predicted molar refractivity (Wildman–Crippen MR) is 102 cm³/mol. The number of fused-ring (bicyclic) bond motifs is 1. The molecule has 0 aliphatic rings. The highest BCUT2D eigenvalue weighted by Gasteiger charge is 2.34. The number of benzene rings is 1. The van der Waals surface area contributed by atoms with Gasteiger partial charge in [0.05, 0.1) is 22.3 Å². The summed E-state index contributed by atoms with van der Waals surface area (Å²) in [5.74, 6) is -0.612. The van der Waals surface area contributed by atoms with Crippen LogP contribution in [-0.4, -0.2) is 34.3 Å². The van der Waals surface area contributed by atoms with E-state index in [4.69, 9.17) is 5.73 Å². The van der Waals surface area contributed by atoms with Gasteiger partial charge in [0.25, 0.3) is 0 Å². The summed E-state index contributed by atoms with van der Waals surface area (Å²) in [6.07, 6.45) is -0.929. The highest BCUT2D eigenvalue weighted by Crippen LogP contribution is 2.36. The minimum Gasteiger partial charge on any atom is -0.383 e. The topological polar surface area (TPSA) is 103 Å². The van der Waals surface area contributed by atoms with Crippen LogP contribution in [0.25, 0.3) is 26.8 Å². The molecular formula is C17H12F3N5O2S2. The van der Waals surface area contributed by atoms with E-state index in [1.165, 1.54) is 40.4 Å². The maximum atomic E-state index is 13.1. The highest BCUT2D eigenvalue weighted by molar-refractivity contribution is 7.90. The fourth-order valence-electron chi connectivity index (χ4n) is 2.71. The highest BCUT2D eigenvalue weighted by atomic mass is 32.2. The lowest BCUT2D eigenvalue weighted by Crippen LogP contribution is -2.10. The van der Waals surface area contributed by atoms with Gasteiger partial charge in [-0.2, -0.15) is 18.3 Å². The van der Waals surface area contributed by atoms with Crippen LogP contribution in [0.2, 0.25) is 0 Å². The molecule has 0 aliphatic heterocycles. The number of anilines is 1. The Hall–Kier alpha value is -2.99. The lowest BCUT2D eigenvalue weighted by atomic mass is 10.1. The van der Waals surface area contributed by atoms with E-state index in [-0.39, 0.29) is 10.5 Å². The quantitative estimate of drug-likeness (QED) is 0.524. The molecule has 0 saturated heterocycles. The van der Waals surface area contributed by atoms with E-state index < -0.39 is 27.4 Å². The zero-order valence-electron chi connectivity index (χ0n) is 14.7. The van der Waals surface area contributed by atoms with Gasteiger partial charge < -0.3 is 5.73 Å². The number of nitrogens with two attached hydrogens (primary N) is 1. The Labute approximate surface area is 166 Å². The maximum absolute atomic E-state index is 13.1. The van der Waals surface area contributed by atoms with Crippen LogP contribution >= 0.6 is 11.3 Å². The van der Waals surface area contributed by atoms with Crippen LogP contribution in [0.3, 0.4) is 0 Å². The van der Waals surface area contributed by atoms with Crippen molar-refractivity contribution >= 4 is 32.0 Å². The normalized spacial score (nSPS) is 12.6. The molecular weight excluding hydrogens is 427 g/mol. The summed E-state index contributed by atoms with van der Waals surface area (Å²) in [4.78, 5) is 8.40. The zero-order chi connectivity index (χ0) is 21.0. The Morgan fingerprint density at radius 3 is 2.55 bits per heavy atom. The van der Waals surface area contributed by atoms with Crippen molar-refractivity contribution < 1.29 is 21.6 Å². The molecule has 7 nitrogen and oxygen atoms in total. The number of pyridine rings is 1. The van der Waals surface area contributed by atoms with Gasteiger partial charge >= 0.3 is 6.18 Å². The molecule has 0 amide bonds. The van der Waals surface area contributed by atoms with Crippen LogP contribution in [-0.2, 0) is 16.0 Å². The number of imidazole rings is 1. The second kappa shape index (κ2) is 6.52. The van der Waals surface area contributed by atoms with E-state index in [1.807, 2.05) is 0 Å². The minimum absolute atomic E-state index is 0.139. The van der Waals surface area contributed by atoms with Gasteiger partial charge in [0.15, 0.2) is 9.84 Å². The number of nitrogens with zero attached hydrogens (tertiary/aromatic N) is 4. The van der Waals surface area contributed by atoms with Crippen molar-refractivity contribution in [2.24, 2.45) is 0 Å². The second-order valence-electron chi connectivity index (χ2n) is 6.20. The van der Waals surface area contributed by atoms with E-state index in [0.29, 0.717) is 21.2 Å².